The van der Waals surface area contributed by atoms with Crippen molar-refractivity contribution in [2.75, 3.05) is 26.1 Å². The number of hydrogen-bond acceptors (Lipinski definition) is 5. The number of aryl methyl sites for hydroxylation is 1. The zero-order valence-electron chi connectivity index (χ0n) is 15.3. The van der Waals surface area contributed by atoms with Crippen LogP contribution in [0.5, 0.6) is 17.2 Å². The molecule has 0 atom stereocenters. The minimum Gasteiger partial charge on any atom is -0.497 e. The molecule has 1 aromatic heterocycles. The molecule has 134 valence electrons. The highest BCUT2D eigenvalue weighted by molar-refractivity contribution is 5.57. The van der Waals surface area contributed by atoms with Gasteiger partial charge in [-0.15, -0.1) is 0 Å². The highest BCUT2D eigenvalue weighted by atomic mass is 16.5. The van der Waals surface area contributed by atoms with Crippen molar-refractivity contribution >= 4 is 5.69 Å². The maximum atomic E-state index is 13.0. The molecule has 0 radical (unpaired) electrons. The second kappa shape index (κ2) is 7.31. The molecule has 0 unspecified atom stereocenters. The summed E-state index contributed by atoms with van der Waals surface area (Å²) in [4.78, 5) is 14.8. The third kappa shape index (κ3) is 3.54. The van der Waals surface area contributed by atoms with Crippen LogP contribution < -0.4 is 19.9 Å². The molecule has 0 fully saturated rings. The molecular weight excluding hydrogens is 330 g/mol. The van der Waals surface area contributed by atoms with Crippen molar-refractivity contribution in [3.8, 4) is 22.9 Å². The Morgan fingerprint density at radius 1 is 0.962 bits per heavy atom. The fraction of sp³-hybridized carbons (Fsp3) is 0.200. The van der Waals surface area contributed by atoms with E-state index in [-0.39, 0.29) is 11.3 Å². The number of benzene rings is 2. The Morgan fingerprint density at radius 3 is 2.15 bits per heavy atom. The van der Waals surface area contributed by atoms with Crippen molar-refractivity contribution in [3.05, 3.63) is 70.6 Å². The van der Waals surface area contributed by atoms with Crippen LogP contribution in [0.25, 0.3) is 5.69 Å². The second-order valence-corrected chi connectivity index (χ2v) is 6.08. The summed E-state index contributed by atoms with van der Waals surface area (Å²) in [5.74, 6) is 1.49. The highest BCUT2D eigenvalue weighted by Crippen LogP contribution is 2.28. The monoisotopic (exact) mass is 351 g/mol. The Balaban J connectivity index is 2.07. The Hall–Kier alpha value is -3.28. The van der Waals surface area contributed by atoms with Gasteiger partial charge in [0.05, 0.1) is 19.0 Å². The molecule has 2 aromatic carbocycles. The molecule has 0 aliphatic heterocycles. The normalized spacial score (nSPS) is 10.5. The molecule has 0 spiro atoms. The third-order valence-corrected chi connectivity index (χ3v) is 3.95. The number of anilines is 1. The molecule has 0 aliphatic rings. The Kier molecular flexibility index (Phi) is 4.93. The van der Waals surface area contributed by atoms with Crippen molar-refractivity contribution in [2.45, 2.75) is 6.92 Å². The van der Waals surface area contributed by atoms with Gasteiger partial charge in [-0.3, -0.25) is 4.79 Å². The van der Waals surface area contributed by atoms with Gasteiger partial charge in [0.15, 0.2) is 0 Å². The Bertz CT molecular complexity index is 946. The van der Waals surface area contributed by atoms with E-state index < -0.39 is 0 Å². The maximum absolute atomic E-state index is 13.0. The van der Waals surface area contributed by atoms with Crippen molar-refractivity contribution in [2.24, 2.45) is 0 Å². The van der Waals surface area contributed by atoms with E-state index in [2.05, 4.69) is 5.10 Å². The van der Waals surface area contributed by atoms with Crippen LogP contribution in [-0.4, -0.2) is 31.0 Å². The quantitative estimate of drug-likeness (QED) is 0.705. The smallest absolute Gasteiger partial charge is 0.316 e. The minimum atomic E-state index is -0.323. The molecule has 6 nitrogen and oxygen atoms in total. The van der Waals surface area contributed by atoms with Gasteiger partial charge in [0.25, 0.3) is 0 Å². The highest BCUT2D eigenvalue weighted by Gasteiger charge is 2.16. The molecule has 0 saturated heterocycles. The van der Waals surface area contributed by atoms with Gasteiger partial charge < -0.3 is 14.4 Å². The Morgan fingerprint density at radius 2 is 1.58 bits per heavy atom. The van der Waals surface area contributed by atoms with Gasteiger partial charge in [0, 0.05) is 14.1 Å². The summed E-state index contributed by atoms with van der Waals surface area (Å²) >= 11 is 0. The lowest BCUT2D eigenvalue weighted by Crippen LogP contribution is -2.25. The first-order valence-electron chi connectivity index (χ1n) is 8.18. The summed E-state index contributed by atoms with van der Waals surface area (Å²) < 4.78 is 12.4. The van der Waals surface area contributed by atoms with Crippen LogP contribution >= 0.6 is 0 Å². The maximum Gasteiger partial charge on any atom is 0.316 e. The first kappa shape index (κ1) is 17.5. The largest absolute Gasteiger partial charge is 0.497 e. The lowest BCUT2D eigenvalue weighted by molar-refractivity contribution is 0.412. The van der Waals surface area contributed by atoms with Gasteiger partial charge >= 0.3 is 5.56 Å². The van der Waals surface area contributed by atoms with Crippen LogP contribution in [0.3, 0.4) is 0 Å². The van der Waals surface area contributed by atoms with Gasteiger partial charge in [-0.2, -0.15) is 9.78 Å². The number of rotatable bonds is 5. The third-order valence-electron chi connectivity index (χ3n) is 3.95. The molecule has 0 bridgehead atoms. The summed E-state index contributed by atoms with van der Waals surface area (Å²) in [5.41, 5.74) is 2.08. The van der Waals surface area contributed by atoms with E-state index in [4.69, 9.17) is 9.47 Å². The standard InChI is InChI=1S/C20H21N3O3/c1-14-5-7-15(8-6-14)23-20(24)19(18(13-21-23)22(2)3)26-17-11-9-16(25-4)10-12-17/h5-13H,1-4H3. The first-order valence-corrected chi connectivity index (χ1v) is 8.18. The summed E-state index contributed by atoms with van der Waals surface area (Å²) in [6, 6.07) is 14.7. The SMILES string of the molecule is COc1ccc(Oc2c(N(C)C)cnn(-c3ccc(C)cc3)c2=O)cc1. The molecule has 0 N–H and O–H groups in total. The van der Waals surface area contributed by atoms with E-state index in [0.717, 1.165) is 11.3 Å². The van der Waals surface area contributed by atoms with Crippen molar-refractivity contribution in [1.82, 2.24) is 9.78 Å². The molecule has 6 heteroatoms. The first-order chi connectivity index (χ1) is 12.5. The molecule has 0 amide bonds. The number of aromatic nitrogens is 2. The van der Waals surface area contributed by atoms with Crippen LogP contribution in [0.15, 0.2) is 59.5 Å². The molecule has 0 saturated carbocycles. The fourth-order valence-corrected chi connectivity index (χ4v) is 2.48. The molecular formula is C20H21N3O3. The number of methoxy groups -OCH3 is 1. The van der Waals surface area contributed by atoms with Crippen molar-refractivity contribution in [1.29, 1.82) is 0 Å². The van der Waals surface area contributed by atoms with E-state index >= 15 is 0 Å². The molecule has 26 heavy (non-hydrogen) atoms. The van der Waals surface area contributed by atoms with Gasteiger partial charge in [0.1, 0.15) is 17.2 Å². The topological polar surface area (TPSA) is 56.6 Å². The molecule has 1 heterocycles. The van der Waals surface area contributed by atoms with Crippen LogP contribution in [0.2, 0.25) is 0 Å². The summed E-state index contributed by atoms with van der Waals surface area (Å²) in [6.07, 6.45) is 1.63. The van der Waals surface area contributed by atoms with Gasteiger partial charge in [-0.05, 0) is 43.3 Å². The summed E-state index contributed by atoms with van der Waals surface area (Å²) in [5, 5.41) is 4.29. The van der Waals surface area contributed by atoms with Gasteiger partial charge in [-0.1, -0.05) is 17.7 Å². The van der Waals surface area contributed by atoms with Crippen LogP contribution in [0.4, 0.5) is 5.69 Å². The van der Waals surface area contributed by atoms with Crippen LogP contribution in [0, 0.1) is 6.92 Å². The molecule has 3 rings (SSSR count). The fourth-order valence-electron chi connectivity index (χ4n) is 2.48. The average Bonchev–Trinajstić information content (AvgIpc) is 2.64. The summed E-state index contributed by atoms with van der Waals surface area (Å²) in [6.45, 7) is 1.99. The molecule has 0 aliphatic carbocycles. The van der Waals surface area contributed by atoms with Crippen molar-refractivity contribution < 1.29 is 9.47 Å². The second-order valence-electron chi connectivity index (χ2n) is 6.08. The van der Waals surface area contributed by atoms with E-state index in [9.17, 15) is 4.79 Å². The van der Waals surface area contributed by atoms with Gasteiger partial charge in [-0.25, -0.2) is 0 Å². The predicted octanol–water partition coefficient (Wildman–Crippen LogP) is 3.41. The van der Waals surface area contributed by atoms with E-state index in [1.807, 2.05) is 45.3 Å². The van der Waals surface area contributed by atoms with E-state index in [0.29, 0.717) is 17.1 Å². The number of hydrogen-bond donors (Lipinski definition) is 0. The minimum absolute atomic E-state index is 0.218. The summed E-state index contributed by atoms with van der Waals surface area (Å²) in [7, 11) is 5.28. The molecule has 3 aromatic rings. The van der Waals surface area contributed by atoms with Crippen LogP contribution in [0.1, 0.15) is 5.56 Å². The Labute approximate surface area is 152 Å². The number of nitrogens with zero attached hydrogens (tertiary/aromatic N) is 3. The zero-order valence-corrected chi connectivity index (χ0v) is 15.3. The van der Waals surface area contributed by atoms with Gasteiger partial charge in [0.2, 0.25) is 5.75 Å². The zero-order chi connectivity index (χ0) is 18.7. The number of ether oxygens (including phenoxy) is 2. The van der Waals surface area contributed by atoms with Crippen molar-refractivity contribution in [3.63, 3.8) is 0 Å². The lowest BCUT2D eigenvalue weighted by atomic mass is 10.2. The lowest BCUT2D eigenvalue weighted by Gasteiger charge is -2.18. The van der Waals surface area contributed by atoms with E-state index in [1.165, 1.54) is 4.68 Å². The average molecular weight is 351 g/mol. The van der Waals surface area contributed by atoms with E-state index in [1.54, 1.807) is 42.5 Å². The van der Waals surface area contributed by atoms with Crippen LogP contribution in [-0.2, 0) is 0 Å². The predicted molar refractivity (Wildman–Crippen MR) is 102 cm³/mol.